The highest BCUT2D eigenvalue weighted by molar-refractivity contribution is 5.99. The molecule has 1 aromatic carbocycles. The van der Waals surface area contributed by atoms with Crippen LogP contribution in [-0.4, -0.2) is 24.7 Å². The van der Waals surface area contributed by atoms with Crippen LogP contribution in [-0.2, 0) is 10.9 Å². The first kappa shape index (κ1) is 15.6. The predicted molar refractivity (Wildman–Crippen MR) is 71.8 cm³/mol. The van der Waals surface area contributed by atoms with E-state index in [0.29, 0.717) is 19.6 Å². The average molecular weight is 302 g/mol. The van der Waals surface area contributed by atoms with Crippen molar-refractivity contribution in [3.63, 3.8) is 0 Å². The zero-order valence-corrected chi connectivity index (χ0v) is 11.6. The fourth-order valence-electron chi connectivity index (χ4n) is 2.30. The van der Waals surface area contributed by atoms with Crippen molar-refractivity contribution in [3.8, 4) is 0 Å². The van der Waals surface area contributed by atoms with E-state index in [0.717, 1.165) is 24.6 Å². The molecule has 0 spiro atoms. The topological polar surface area (TPSA) is 64.4 Å². The van der Waals surface area contributed by atoms with Crippen molar-refractivity contribution in [1.29, 1.82) is 0 Å². The van der Waals surface area contributed by atoms with E-state index >= 15 is 0 Å². The molecule has 1 saturated heterocycles. The SMILES string of the molecule is CC1(NC(=O)c2cc(C(F)(F)F)ccc2N)CCCOC1. The molecule has 1 heterocycles. The summed E-state index contributed by atoms with van der Waals surface area (Å²) in [6.45, 7) is 2.75. The molecule has 2 rings (SSSR count). The first-order valence-corrected chi connectivity index (χ1v) is 6.58. The molecule has 1 aliphatic heterocycles. The van der Waals surface area contributed by atoms with Crippen molar-refractivity contribution in [2.24, 2.45) is 0 Å². The number of alkyl halides is 3. The highest BCUT2D eigenvalue weighted by Crippen LogP contribution is 2.31. The summed E-state index contributed by atoms with van der Waals surface area (Å²) in [6.07, 6.45) is -3.02. The Hall–Kier alpha value is -1.76. The lowest BCUT2D eigenvalue weighted by Crippen LogP contribution is -2.51. The number of hydrogen-bond donors (Lipinski definition) is 2. The highest BCUT2D eigenvalue weighted by atomic mass is 19.4. The molecule has 3 N–H and O–H groups in total. The number of carbonyl (C=O) groups is 1. The number of carbonyl (C=O) groups excluding carboxylic acids is 1. The molecule has 116 valence electrons. The quantitative estimate of drug-likeness (QED) is 0.825. The summed E-state index contributed by atoms with van der Waals surface area (Å²) in [7, 11) is 0. The van der Waals surface area contributed by atoms with Crippen LogP contribution in [0.1, 0.15) is 35.7 Å². The van der Waals surface area contributed by atoms with Gasteiger partial charge in [-0.15, -0.1) is 0 Å². The van der Waals surface area contributed by atoms with E-state index in [1.54, 1.807) is 6.92 Å². The minimum absolute atomic E-state index is 0.0147. The second kappa shape index (κ2) is 5.55. The third-order valence-corrected chi connectivity index (χ3v) is 3.48. The summed E-state index contributed by atoms with van der Waals surface area (Å²) >= 11 is 0. The Bertz CT molecular complexity index is 538. The van der Waals surface area contributed by atoms with Crippen LogP contribution < -0.4 is 11.1 Å². The van der Waals surface area contributed by atoms with Gasteiger partial charge in [-0.2, -0.15) is 13.2 Å². The molecule has 1 amide bonds. The number of nitrogen functional groups attached to an aromatic ring is 1. The molecule has 21 heavy (non-hydrogen) atoms. The molecule has 0 bridgehead atoms. The first-order chi connectivity index (χ1) is 9.71. The second-order valence-electron chi connectivity index (χ2n) is 5.47. The number of halogens is 3. The number of anilines is 1. The summed E-state index contributed by atoms with van der Waals surface area (Å²) in [5, 5.41) is 2.72. The third-order valence-electron chi connectivity index (χ3n) is 3.48. The molecule has 0 saturated carbocycles. The predicted octanol–water partition coefficient (Wildman–Crippen LogP) is 2.59. The molecule has 1 fully saturated rings. The fraction of sp³-hybridized carbons (Fsp3) is 0.500. The van der Waals surface area contributed by atoms with Gasteiger partial charge in [-0.1, -0.05) is 0 Å². The summed E-state index contributed by atoms with van der Waals surface area (Å²) in [5.41, 5.74) is 3.98. The van der Waals surface area contributed by atoms with Gasteiger partial charge >= 0.3 is 6.18 Å². The van der Waals surface area contributed by atoms with Gasteiger partial charge in [0, 0.05) is 12.3 Å². The van der Waals surface area contributed by atoms with Gasteiger partial charge in [0.2, 0.25) is 0 Å². The van der Waals surface area contributed by atoms with Gasteiger partial charge in [0.15, 0.2) is 0 Å². The molecular formula is C14H17F3N2O2. The van der Waals surface area contributed by atoms with E-state index in [1.807, 2.05) is 0 Å². The Morgan fingerprint density at radius 3 is 2.71 bits per heavy atom. The zero-order chi connectivity index (χ0) is 15.7. The van der Waals surface area contributed by atoms with Crippen LogP contribution in [0.2, 0.25) is 0 Å². The number of hydrogen-bond acceptors (Lipinski definition) is 3. The van der Waals surface area contributed by atoms with Gasteiger partial charge in [-0.3, -0.25) is 4.79 Å². The molecular weight excluding hydrogens is 285 g/mol. The van der Waals surface area contributed by atoms with Gasteiger partial charge in [0.25, 0.3) is 5.91 Å². The minimum atomic E-state index is -4.51. The van der Waals surface area contributed by atoms with Crippen LogP contribution in [0.4, 0.5) is 18.9 Å². The second-order valence-corrected chi connectivity index (χ2v) is 5.47. The summed E-state index contributed by atoms with van der Waals surface area (Å²) in [4.78, 5) is 12.2. The maximum atomic E-state index is 12.7. The Balaban J connectivity index is 2.22. The summed E-state index contributed by atoms with van der Waals surface area (Å²) in [5.74, 6) is -0.619. The van der Waals surface area contributed by atoms with E-state index in [2.05, 4.69) is 5.32 Å². The van der Waals surface area contributed by atoms with Crippen LogP contribution in [0.15, 0.2) is 18.2 Å². The number of nitrogens with two attached hydrogens (primary N) is 1. The van der Waals surface area contributed by atoms with Crippen molar-refractivity contribution in [2.75, 3.05) is 18.9 Å². The summed E-state index contributed by atoms with van der Waals surface area (Å²) in [6, 6.07) is 2.73. The van der Waals surface area contributed by atoms with E-state index in [4.69, 9.17) is 10.5 Å². The zero-order valence-electron chi connectivity index (χ0n) is 11.6. The van der Waals surface area contributed by atoms with Gasteiger partial charge in [-0.25, -0.2) is 0 Å². The van der Waals surface area contributed by atoms with Crippen LogP contribution >= 0.6 is 0 Å². The number of ether oxygens (including phenoxy) is 1. The van der Waals surface area contributed by atoms with Crippen molar-refractivity contribution < 1.29 is 22.7 Å². The average Bonchev–Trinajstić information content (AvgIpc) is 2.38. The lowest BCUT2D eigenvalue weighted by atomic mass is 9.94. The number of rotatable bonds is 2. The molecule has 1 unspecified atom stereocenters. The van der Waals surface area contributed by atoms with Crippen LogP contribution in [0, 0.1) is 0 Å². The monoisotopic (exact) mass is 302 g/mol. The number of nitrogens with one attached hydrogen (secondary N) is 1. The maximum Gasteiger partial charge on any atom is 0.416 e. The molecule has 7 heteroatoms. The van der Waals surface area contributed by atoms with Gasteiger partial charge in [0.1, 0.15) is 0 Å². The van der Waals surface area contributed by atoms with E-state index < -0.39 is 23.2 Å². The first-order valence-electron chi connectivity index (χ1n) is 6.58. The minimum Gasteiger partial charge on any atom is -0.398 e. The van der Waals surface area contributed by atoms with Crippen molar-refractivity contribution in [1.82, 2.24) is 5.32 Å². The Morgan fingerprint density at radius 1 is 1.43 bits per heavy atom. The molecule has 1 aromatic rings. The number of amides is 1. The van der Waals surface area contributed by atoms with Gasteiger partial charge in [0.05, 0.1) is 23.3 Å². The molecule has 0 radical (unpaired) electrons. The van der Waals surface area contributed by atoms with Crippen LogP contribution in [0.25, 0.3) is 0 Å². The largest absolute Gasteiger partial charge is 0.416 e. The number of benzene rings is 1. The van der Waals surface area contributed by atoms with Crippen LogP contribution in [0.3, 0.4) is 0 Å². The van der Waals surface area contributed by atoms with Crippen LogP contribution in [0.5, 0.6) is 0 Å². The Kier molecular flexibility index (Phi) is 4.13. The van der Waals surface area contributed by atoms with Crippen molar-refractivity contribution in [3.05, 3.63) is 29.3 Å². The van der Waals surface area contributed by atoms with Crippen molar-refractivity contribution >= 4 is 11.6 Å². The Morgan fingerprint density at radius 2 is 2.14 bits per heavy atom. The van der Waals surface area contributed by atoms with E-state index in [-0.39, 0.29) is 11.3 Å². The lowest BCUT2D eigenvalue weighted by molar-refractivity contribution is -0.137. The molecule has 0 aromatic heterocycles. The lowest BCUT2D eigenvalue weighted by Gasteiger charge is -2.34. The summed E-state index contributed by atoms with van der Waals surface area (Å²) < 4.78 is 43.4. The van der Waals surface area contributed by atoms with E-state index in [9.17, 15) is 18.0 Å². The standard InChI is InChI=1S/C14H17F3N2O2/c1-13(5-2-6-21-8-13)19-12(20)10-7-9(14(15,16)17)3-4-11(10)18/h3-4,7H,2,5-6,8,18H2,1H3,(H,19,20). The molecule has 4 nitrogen and oxygen atoms in total. The smallest absolute Gasteiger partial charge is 0.398 e. The normalized spacial score (nSPS) is 22.9. The van der Waals surface area contributed by atoms with Gasteiger partial charge in [-0.05, 0) is 38.0 Å². The molecule has 0 aliphatic carbocycles. The fourth-order valence-corrected chi connectivity index (χ4v) is 2.30. The maximum absolute atomic E-state index is 12.7. The third kappa shape index (κ3) is 3.66. The Labute approximate surface area is 120 Å². The van der Waals surface area contributed by atoms with Crippen molar-refractivity contribution in [2.45, 2.75) is 31.5 Å². The van der Waals surface area contributed by atoms with E-state index in [1.165, 1.54) is 0 Å². The van der Waals surface area contributed by atoms with Gasteiger partial charge < -0.3 is 15.8 Å². The highest BCUT2D eigenvalue weighted by Gasteiger charge is 2.33. The molecule has 1 atom stereocenters. The molecule has 1 aliphatic rings.